The van der Waals surface area contributed by atoms with Crippen molar-refractivity contribution < 1.29 is 13.2 Å². The molecule has 1 rings (SSSR count). The molecule has 0 spiro atoms. The molecule has 0 atom stereocenters. The van der Waals surface area contributed by atoms with Gasteiger partial charge in [0.15, 0.2) is 0 Å². The van der Waals surface area contributed by atoms with Gasteiger partial charge in [0, 0.05) is 13.2 Å². The second-order valence-corrected chi connectivity index (χ2v) is 2.74. The highest BCUT2D eigenvalue weighted by molar-refractivity contribution is 5.96. The number of aliphatic imine (C=N–C) groups is 1. The maximum atomic E-state index is 12.3. The molecule has 76 valence electrons. The van der Waals surface area contributed by atoms with Crippen molar-refractivity contribution in [2.24, 2.45) is 4.99 Å². The predicted octanol–water partition coefficient (Wildman–Crippen LogP) is 2.54. The third-order valence-electron chi connectivity index (χ3n) is 1.79. The van der Waals surface area contributed by atoms with E-state index in [9.17, 15) is 13.2 Å². The smallest absolute Gasteiger partial charge is 0.291 e. The lowest BCUT2D eigenvalue weighted by Gasteiger charge is -2.07. The van der Waals surface area contributed by atoms with E-state index in [0.29, 0.717) is 5.71 Å². The van der Waals surface area contributed by atoms with Crippen LogP contribution in [0.2, 0.25) is 0 Å². The fourth-order valence-electron chi connectivity index (χ4n) is 0.919. The van der Waals surface area contributed by atoms with Crippen molar-refractivity contribution in [2.45, 2.75) is 13.1 Å². The summed E-state index contributed by atoms with van der Waals surface area (Å²) in [6.07, 6.45) is -3.20. The molecule has 2 nitrogen and oxygen atoms in total. The van der Waals surface area contributed by atoms with Crippen molar-refractivity contribution in [1.29, 1.82) is 0 Å². The van der Waals surface area contributed by atoms with Crippen LogP contribution in [-0.2, 0) is 6.18 Å². The first-order chi connectivity index (χ1) is 6.45. The summed E-state index contributed by atoms with van der Waals surface area (Å²) in [6.45, 7) is 1.61. The van der Waals surface area contributed by atoms with Gasteiger partial charge < -0.3 is 0 Å². The Kier molecular flexibility index (Phi) is 2.88. The largest absolute Gasteiger partial charge is 0.416 e. The van der Waals surface area contributed by atoms with Gasteiger partial charge in [-0.3, -0.25) is 9.98 Å². The van der Waals surface area contributed by atoms with Crippen LogP contribution in [0.3, 0.4) is 0 Å². The first-order valence-corrected chi connectivity index (χ1v) is 3.92. The van der Waals surface area contributed by atoms with E-state index in [1.165, 1.54) is 7.05 Å². The molecule has 0 amide bonds. The standard InChI is InChI=1S/C9H9F3N2/c1-6(13-2)8-5-7(3-4-14-8)9(10,11)12/h3-5H,1-2H3. The Balaban J connectivity index is 3.14. The van der Waals surface area contributed by atoms with Gasteiger partial charge >= 0.3 is 6.18 Å². The minimum atomic E-state index is -4.33. The summed E-state index contributed by atoms with van der Waals surface area (Å²) in [6, 6.07) is 1.93. The number of hydrogen-bond donors (Lipinski definition) is 0. The molecule has 0 radical (unpaired) electrons. The minimum absolute atomic E-state index is 0.252. The Bertz CT molecular complexity index is 355. The van der Waals surface area contributed by atoms with E-state index in [-0.39, 0.29) is 5.69 Å². The van der Waals surface area contributed by atoms with Crippen LogP contribution in [-0.4, -0.2) is 17.7 Å². The molecule has 0 N–H and O–H groups in total. The molecule has 0 unspecified atom stereocenters. The molecule has 14 heavy (non-hydrogen) atoms. The molecule has 0 saturated carbocycles. The number of pyridine rings is 1. The molecule has 1 aromatic heterocycles. The Morgan fingerprint density at radius 1 is 1.43 bits per heavy atom. The van der Waals surface area contributed by atoms with E-state index in [1.54, 1.807) is 6.92 Å². The normalized spacial score (nSPS) is 13.1. The number of halogens is 3. The van der Waals surface area contributed by atoms with Crippen molar-refractivity contribution in [1.82, 2.24) is 4.98 Å². The van der Waals surface area contributed by atoms with Gasteiger partial charge in [0.2, 0.25) is 0 Å². The van der Waals surface area contributed by atoms with Crippen molar-refractivity contribution >= 4 is 5.71 Å². The fourth-order valence-corrected chi connectivity index (χ4v) is 0.919. The second-order valence-electron chi connectivity index (χ2n) is 2.74. The quantitative estimate of drug-likeness (QED) is 0.642. The Hall–Kier alpha value is -1.39. The Morgan fingerprint density at radius 3 is 2.57 bits per heavy atom. The average molecular weight is 202 g/mol. The summed E-state index contributed by atoms with van der Waals surface area (Å²) in [4.78, 5) is 7.56. The molecule has 0 aliphatic carbocycles. The van der Waals surface area contributed by atoms with E-state index in [0.717, 1.165) is 18.3 Å². The molecular formula is C9H9F3N2. The van der Waals surface area contributed by atoms with Crippen LogP contribution in [0.25, 0.3) is 0 Å². The number of alkyl halides is 3. The number of rotatable bonds is 1. The zero-order valence-corrected chi connectivity index (χ0v) is 7.76. The van der Waals surface area contributed by atoms with E-state index in [4.69, 9.17) is 0 Å². The summed E-state index contributed by atoms with van der Waals surface area (Å²) >= 11 is 0. The first kappa shape index (κ1) is 10.7. The van der Waals surface area contributed by atoms with Gasteiger partial charge in [-0.2, -0.15) is 13.2 Å². The highest BCUT2D eigenvalue weighted by atomic mass is 19.4. The van der Waals surface area contributed by atoms with Crippen LogP contribution in [0.15, 0.2) is 23.3 Å². The number of nitrogens with zero attached hydrogens (tertiary/aromatic N) is 2. The zero-order chi connectivity index (χ0) is 10.8. The van der Waals surface area contributed by atoms with Crippen molar-refractivity contribution in [3.63, 3.8) is 0 Å². The summed E-state index contributed by atoms with van der Waals surface area (Å²) in [5.74, 6) is 0. The van der Waals surface area contributed by atoms with Crippen LogP contribution < -0.4 is 0 Å². The third kappa shape index (κ3) is 2.31. The molecule has 0 aliphatic heterocycles. The zero-order valence-electron chi connectivity index (χ0n) is 7.76. The van der Waals surface area contributed by atoms with Gasteiger partial charge in [-0.15, -0.1) is 0 Å². The van der Waals surface area contributed by atoms with Gasteiger partial charge in [-0.1, -0.05) is 0 Å². The van der Waals surface area contributed by atoms with Crippen LogP contribution in [0.5, 0.6) is 0 Å². The molecular weight excluding hydrogens is 193 g/mol. The van der Waals surface area contributed by atoms with Crippen LogP contribution in [0.4, 0.5) is 13.2 Å². The van der Waals surface area contributed by atoms with E-state index < -0.39 is 11.7 Å². The lowest BCUT2D eigenvalue weighted by Crippen LogP contribution is -2.08. The summed E-state index contributed by atoms with van der Waals surface area (Å²) in [5.41, 5.74) is 0.0314. The Labute approximate surface area is 79.5 Å². The van der Waals surface area contributed by atoms with E-state index in [1.807, 2.05) is 0 Å². The highest BCUT2D eigenvalue weighted by Crippen LogP contribution is 2.28. The van der Waals surface area contributed by atoms with Crippen molar-refractivity contribution in [3.05, 3.63) is 29.6 Å². The highest BCUT2D eigenvalue weighted by Gasteiger charge is 2.30. The van der Waals surface area contributed by atoms with Gasteiger partial charge in [0.05, 0.1) is 17.0 Å². The van der Waals surface area contributed by atoms with Gasteiger partial charge in [-0.25, -0.2) is 0 Å². The van der Waals surface area contributed by atoms with Crippen molar-refractivity contribution in [2.75, 3.05) is 7.05 Å². The van der Waals surface area contributed by atoms with Crippen LogP contribution in [0, 0.1) is 0 Å². The lowest BCUT2D eigenvalue weighted by molar-refractivity contribution is -0.137. The van der Waals surface area contributed by atoms with E-state index in [2.05, 4.69) is 9.98 Å². The third-order valence-corrected chi connectivity index (χ3v) is 1.79. The fraction of sp³-hybridized carbons (Fsp3) is 0.333. The van der Waals surface area contributed by atoms with Crippen LogP contribution >= 0.6 is 0 Å². The summed E-state index contributed by atoms with van der Waals surface area (Å²) in [5, 5.41) is 0. The molecule has 0 fully saturated rings. The maximum Gasteiger partial charge on any atom is 0.416 e. The van der Waals surface area contributed by atoms with Gasteiger partial charge in [0.25, 0.3) is 0 Å². The Morgan fingerprint density at radius 2 is 2.07 bits per heavy atom. The molecule has 0 aromatic carbocycles. The molecule has 0 aliphatic rings. The maximum absolute atomic E-state index is 12.3. The second kappa shape index (κ2) is 3.77. The van der Waals surface area contributed by atoms with Gasteiger partial charge in [-0.05, 0) is 19.1 Å². The van der Waals surface area contributed by atoms with Crippen LogP contribution in [0.1, 0.15) is 18.2 Å². The van der Waals surface area contributed by atoms with E-state index >= 15 is 0 Å². The first-order valence-electron chi connectivity index (χ1n) is 3.92. The predicted molar refractivity (Wildman–Crippen MR) is 47.4 cm³/mol. The molecule has 1 heterocycles. The monoisotopic (exact) mass is 202 g/mol. The van der Waals surface area contributed by atoms with Gasteiger partial charge in [0.1, 0.15) is 0 Å². The SMILES string of the molecule is CN=C(C)c1cc(C(F)(F)F)ccn1. The average Bonchev–Trinajstić information content (AvgIpc) is 2.15. The molecule has 0 bridgehead atoms. The summed E-state index contributed by atoms with van der Waals surface area (Å²) in [7, 11) is 1.51. The number of hydrogen-bond acceptors (Lipinski definition) is 2. The minimum Gasteiger partial charge on any atom is -0.291 e. The molecule has 0 saturated heterocycles. The molecule has 1 aromatic rings. The number of aromatic nitrogens is 1. The molecule has 5 heteroatoms. The summed E-state index contributed by atoms with van der Waals surface area (Å²) < 4.78 is 36.8. The lowest BCUT2D eigenvalue weighted by atomic mass is 10.2. The van der Waals surface area contributed by atoms with Crippen molar-refractivity contribution in [3.8, 4) is 0 Å². The topological polar surface area (TPSA) is 25.2 Å².